The van der Waals surface area contributed by atoms with Crippen LogP contribution in [-0.2, 0) is 14.8 Å². The van der Waals surface area contributed by atoms with Crippen molar-refractivity contribution in [3.63, 3.8) is 0 Å². The van der Waals surface area contributed by atoms with Crippen LogP contribution in [0.15, 0.2) is 29.2 Å². The first-order valence-corrected chi connectivity index (χ1v) is 9.13. The number of carbonyl (C=O) groups excluding carboxylic acids is 1. The van der Waals surface area contributed by atoms with Gasteiger partial charge in [0.15, 0.2) is 0 Å². The Hall–Kier alpha value is -2.20. The van der Waals surface area contributed by atoms with Gasteiger partial charge in [-0.1, -0.05) is 0 Å². The molecule has 0 heterocycles. The van der Waals surface area contributed by atoms with Gasteiger partial charge in [-0.15, -0.1) is 0 Å². The molecule has 0 saturated heterocycles. The van der Waals surface area contributed by atoms with Crippen molar-refractivity contribution in [2.24, 2.45) is 0 Å². The summed E-state index contributed by atoms with van der Waals surface area (Å²) in [6.45, 7) is 7.06. The van der Waals surface area contributed by atoms with Crippen molar-refractivity contribution in [3.8, 4) is 0 Å². The average Bonchev–Trinajstić information content (AvgIpc) is 2.44. The Morgan fingerprint density at radius 3 is 2.32 bits per heavy atom. The number of amides is 1. The van der Waals surface area contributed by atoms with Crippen LogP contribution in [0.1, 0.15) is 34.1 Å². The molecule has 0 aliphatic carbocycles. The van der Waals surface area contributed by atoms with Gasteiger partial charge >= 0.3 is 6.09 Å². The number of carbonyl (C=O) groups is 1. The minimum Gasteiger partial charge on any atom is -0.444 e. The first-order valence-electron chi connectivity index (χ1n) is 7.64. The molecule has 140 valence electrons. The first-order chi connectivity index (χ1) is 11.4. The summed E-state index contributed by atoms with van der Waals surface area (Å²) < 4.78 is 31.7. The van der Waals surface area contributed by atoms with E-state index >= 15 is 0 Å². The number of benzene rings is 1. The lowest BCUT2D eigenvalue weighted by atomic mass is 10.2. The van der Waals surface area contributed by atoms with Crippen molar-refractivity contribution < 1.29 is 22.9 Å². The Labute approximate surface area is 147 Å². The number of sulfonamides is 1. The number of hydrogen-bond acceptors (Lipinski definition) is 6. The number of non-ortho nitro benzene ring substituents is 1. The zero-order chi connectivity index (χ0) is 19.3. The normalized spacial score (nSPS) is 13.1. The van der Waals surface area contributed by atoms with Crippen LogP contribution in [0.4, 0.5) is 10.5 Å². The second-order valence-corrected chi connectivity index (χ2v) is 8.25. The molecule has 1 atom stereocenters. The fourth-order valence-electron chi connectivity index (χ4n) is 1.82. The van der Waals surface area contributed by atoms with Crippen LogP contribution in [0, 0.1) is 10.1 Å². The third-order valence-corrected chi connectivity index (χ3v) is 4.47. The molecular formula is C15H23N3O6S. The van der Waals surface area contributed by atoms with Gasteiger partial charge in [-0.3, -0.25) is 10.1 Å². The van der Waals surface area contributed by atoms with Crippen LogP contribution in [0.5, 0.6) is 0 Å². The fraction of sp³-hybridized carbons (Fsp3) is 0.533. The molecule has 0 aliphatic rings. The van der Waals surface area contributed by atoms with E-state index in [1.54, 1.807) is 27.7 Å². The van der Waals surface area contributed by atoms with E-state index < -0.39 is 26.6 Å². The number of hydrogen-bond donors (Lipinski definition) is 2. The van der Waals surface area contributed by atoms with Gasteiger partial charge in [0, 0.05) is 24.7 Å². The van der Waals surface area contributed by atoms with E-state index in [2.05, 4.69) is 10.0 Å². The first kappa shape index (κ1) is 20.8. The molecule has 1 unspecified atom stereocenters. The van der Waals surface area contributed by atoms with E-state index in [0.717, 1.165) is 12.1 Å². The summed E-state index contributed by atoms with van der Waals surface area (Å²) in [6, 6.07) is 4.29. The number of alkyl carbamates (subject to hydrolysis) is 1. The molecule has 0 bridgehead atoms. The van der Waals surface area contributed by atoms with E-state index in [0.29, 0.717) is 6.42 Å². The number of nitro benzene ring substituents is 1. The lowest BCUT2D eigenvalue weighted by molar-refractivity contribution is -0.384. The van der Waals surface area contributed by atoms with Crippen LogP contribution >= 0.6 is 0 Å². The standard InChI is InChI=1S/C15H23N3O6S/c1-11(17-14(19)24-15(2,3)4)9-10-16-25(22,23)13-7-5-12(6-8-13)18(20)21/h5-8,11,16H,9-10H2,1-4H3,(H,17,19). The van der Waals surface area contributed by atoms with Crippen LogP contribution in [-0.4, -0.2) is 37.6 Å². The Bertz CT molecular complexity index is 710. The summed E-state index contributed by atoms with van der Waals surface area (Å²) in [5.41, 5.74) is -0.796. The smallest absolute Gasteiger partial charge is 0.407 e. The zero-order valence-corrected chi connectivity index (χ0v) is 15.4. The SMILES string of the molecule is CC(CCNS(=O)(=O)c1ccc([N+](=O)[O-])cc1)NC(=O)OC(C)(C)C. The summed E-state index contributed by atoms with van der Waals surface area (Å²) in [4.78, 5) is 21.5. The summed E-state index contributed by atoms with van der Waals surface area (Å²) in [6.07, 6.45) is -0.218. The van der Waals surface area contributed by atoms with E-state index in [1.807, 2.05) is 0 Å². The number of nitro groups is 1. The van der Waals surface area contributed by atoms with Crippen molar-refractivity contribution in [1.82, 2.24) is 10.0 Å². The molecular weight excluding hydrogens is 350 g/mol. The van der Waals surface area contributed by atoms with Crippen LogP contribution in [0.2, 0.25) is 0 Å². The second-order valence-electron chi connectivity index (χ2n) is 6.48. The fourth-order valence-corrected chi connectivity index (χ4v) is 2.87. The predicted molar refractivity (Wildman–Crippen MR) is 91.7 cm³/mol. The molecule has 1 aromatic carbocycles. The summed E-state index contributed by atoms with van der Waals surface area (Å²) in [5, 5.41) is 13.2. The van der Waals surface area contributed by atoms with Gasteiger partial charge in [-0.2, -0.15) is 0 Å². The molecule has 0 fully saturated rings. The summed E-state index contributed by atoms with van der Waals surface area (Å²) in [5.74, 6) is 0. The van der Waals surface area contributed by atoms with Crippen LogP contribution < -0.4 is 10.0 Å². The molecule has 9 nitrogen and oxygen atoms in total. The Morgan fingerprint density at radius 2 is 1.84 bits per heavy atom. The zero-order valence-electron chi connectivity index (χ0n) is 14.6. The maximum absolute atomic E-state index is 12.1. The molecule has 0 aliphatic heterocycles. The van der Waals surface area contributed by atoms with Crippen molar-refractivity contribution >= 4 is 21.8 Å². The third kappa shape index (κ3) is 7.48. The Morgan fingerprint density at radius 1 is 1.28 bits per heavy atom. The Kier molecular flexibility index (Phi) is 6.88. The number of ether oxygens (including phenoxy) is 1. The van der Waals surface area contributed by atoms with E-state index in [-0.39, 0.29) is 23.2 Å². The van der Waals surface area contributed by atoms with Gasteiger partial charge in [-0.25, -0.2) is 17.9 Å². The quantitative estimate of drug-likeness (QED) is 0.557. The third-order valence-electron chi connectivity index (χ3n) is 2.99. The highest BCUT2D eigenvalue weighted by Crippen LogP contribution is 2.15. The average molecular weight is 373 g/mol. The van der Waals surface area contributed by atoms with Crippen LogP contribution in [0.3, 0.4) is 0 Å². The van der Waals surface area contributed by atoms with E-state index in [9.17, 15) is 23.3 Å². The summed E-state index contributed by atoms with van der Waals surface area (Å²) in [7, 11) is -3.77. The molecule has 2 N–H and O–H groups in total. The topological polar surface area (TPSA) is 128 Å². The number of rotatable bonds is 7. The molecule has 1 rings (SSSR count). The van der Waals surface area contributed by atoms with Gasteiger partial charge in [0.25, 0.3) is 5.69 Å². The van der Waals surface area contributed by atoms with Crippen LogP contribution in [0.25, 0.3) is 0 Å². The highest BCUT2D eigenvalue weighted by molar-refractivity contribution is 7.89. The van der Waals surface area contributed by atoms with Gasteiger partial charge in [-0.05, 0) is 46.2 Å². The molecule has 0 aromatic heterocycles. The lowest BCUT2D eigenvalue weighted by Gasteiger charge is -2.22. The van der Waals surface area contributed by atoms with Crippen molar-refractivity contribution in [1.29, 1.82) is 0 Å². The van der Waals surface area contributed by atoms with E-state index in [1.165, 1.54) is 12.1 Å². The molecule has 0 spiro atoms. The molecule has 0 saturated carbocycles. The monoisotopic (exact) mass is 373 g/mol. The van der Waals surface area contributed by atoms with Crippen molar-refractivity contribution in [2.45, 2.75) is 50.7 Å². The number of nitrogens with one attached hydrogen (secondary N) is 2. The van der Waals surface area contributed by atoms with Gasteiger partial charge in [0.1, 0.15) is 5.60 Å². The molecule has 25 heavy (non-hydrogen) atoms. The van der Waals surface area contributed by atoms with Gasteiger partial charge in [0.05, 0.1) is 9.82 Å². The second kappa shape index (κ2) is 8.26. The largest absolute Gasteiger partial charge is 0.444 e. The highest BCUT2D eigenvalue weighted by atomic mass is 32.2. The predicted octanol–water partition coefficient (Wildman–Crippen LogP) is 2.18. The molecule has 10 heteroatoms. The van der Waals surface area contributed by atoms with E-state index in [4.69, 9.17) is 4.74 Å². The maximum atomic E-state index is 12.1. The minimum absolute atomic E-state index is 0.0640. The van der Waals surface area contributed by atoms with Crippen molar-refractivity contribution in [3.05, 3.63) is 34.4 Å². The molecule has 1 amide bonds. The van der Waals surface area contributed by atoms with Gasteiger partial charge in [0.2, 0.25) is 10.0 Å². The minimum atomic E-state index is -3.77. The lowest BCUT2D eigenvalue weighted by Crippen LogP contribution is -2.39. The van der Waals surface area contributed by atoms with Gasteiger partial charge < -0.3 is 10.1 Å². The highest BCUT2D eigenvalue weighted by Gasteiger charge is 2.19. The molecule has 0 radical (unpaired) electrons. The number of nitrogens with zero attached hydrogens (tertiary/aromatic N) is 1. The summed E-state index contributed by atoms with van der Waals surface area (Å²) >= 11 is 0. The molecule has 1 aromatic rings. The van der Waals surface area contributed by atoms with Crippen molar-refractivity contribution in [2.75, 3.05) is 6.54 Å². The maximum Gasteiger partial charge on any atom is 0.407 e. The Balaban J connectivity index is 2.51.